The lowest BCUT2D eigenvalue weighted by atomic mass is 10.0. The van der Waals surface area contributed by atoms with Gasteiger partial charge in [0.2, 0.25) is 0 Å². The summed E-state index contributed by atoms with van der Waals surface area (Å²) in [6.45, 7) is 7.85. The van der Waals surface area contributed by atoms with Crippen molar-refractivity contribution in [3.05, 3.63) is 67.4 Å². The number of carbonyl (C=O) groups is 1. The predicted octanol–water partition coefficient (Wildman–Crippen LogP) is 7.55. The molecule has 0 aliphatic heterocycles. The van der Waals surface area contributed by atoms with Gasteiger partial charge in [-0.1, -0.05) is 19.0 Å². The van der Waals surface area contributed by atoms with E-state index in [1.54, 1.807) is 0 Å². The molecule has 0 radical (unpaired) electrons. The fourth-order valence-corrected chi connectivity index (χ4v) is 5.49. The summed E-state index contributed by atoms with van der Waals surface area (Å²) in [5.41, 5.74) is 3.90. The van der Waals surface area contributed by atoms with Gasteiger partial charge < -0.3 is 18.7 Å². The van der Waals surface area contributed by atoms with Gasteiger partial charge in [-0.15, -0.1) is 0 Å². The fourth-order valence-electron chi connectivity index (χ4n) is 3.97. The number of aromatic nitrogens is 1. The maximum absolute atomic E-state index is 11.4. The second kappa shape index (κ2) is 9.89. The third-order valence-corrected chi connectivity index (χ3v) is 6.93. The molecule has 6 nitrogen and oxygen atoms in total. The maximum atomic E-state index is 11.4. The zero-order valence-corrected chi connectivity index (χ0v) is 22.1. The average Bonchev–Trinajstić information content (AvgIpc) is 3.35. The van der Waals surface area contributed by atoms with Gasteiger partial charge in [0.15, 0.2) is 5.75 Å². The molecule has 0 saturated heterocycles. The quantitative estimate of drug-likeness (QED) is 0.269. The molecule has 1 atom stereocenters. The van der Waals surface area contributed by atoms with E-state index in [0.717, 1.165) is 55.7 Å². The molecule has 1 aromatic heterocycles. The Labute approximate surface area is 209 Å². The Morgan fingerprint density at radius 2 is 2.03 bits per heavy atom. The van der Waals surface area contributed by atoms with Gasteiger partial charge in [0.1, 0.15) is 35.7 Å². The number of carbonyl (C=O) groups excluding carboxylic acids is 1. The second-order valence-corrected chi connectivity index (χ2v) is 10.0. The highest BCUT2D eigenvalue weighted by atomic mass is 79.9. The van der Waals surface area contributed by atoms with Crippen molar-refractivity contribution in [3.63, 3.8) is 0 Å². The van der Waals surface area contributed by atoms with Gasteiger partial charge in [-0.3, -0.25) is 4.79 Å². The monoisotopic (exact) mass is 577 g/mol. The molecule has 174 valence electrons. The predicted molar refractivity (Wildman–Crippen MR) is 131 cm³/mol. The molecule has 0 fully saturated rings. The number of fused-ring (bicyclic) bond motifs is 1. The van der Waals surface area contributed by atoms with E-state index >= 15 is 0 Å². The Kier molecular flexibility index (Phi) is 7.14. The minimum Gasteiger partial charge on any atom is -0.487 e. The molecule has 4 rings (SSSR count). The number of benzene rings is 2. The molecule has 0 saturated carbocycles. The molecule has 0 N–H and O–H groups in total. The first-order valence-corrected chi connectivity index (χ1v) is 12.4. The highest BCUT2D eigenvalue weighted by Gasteiger charge is 2.30. The van der Waals surface area contributed by atoms with Crippen LogP contribution >= 0.6 is 31.9 Å². The molecule has 1 heterocycles. The molecule has 0 bridgehead atoms. The van der Waals surface area contributed by atoms with Crippen LogP contribution < -0.4 is 9.47 Å². The van der Waals surface area contributed by atoms with Crippen LogP contribution in [0.25, 0.3) is 0 Å². The number of rotatable bonds is 7. The zero-order chi connectivity index (χ0) is 23.7. The van der Waals surface area contributed by atoms with E-state index in [1.165, 1.54) is 6.92 Å². The number of hydrogen-bond donors (Lipinski definition) is 0. The van der Waals surface area contributed by atoms with Gasteiger partial charge in [0.25, 0.3) is 0 Å². The highest BCUT2D eigenvalue weighted by Crippen LogP contribution is 2.47. The SMILES string of the molecule is CC(=O)OC1CCc2c1cc(Br)c(Oc1ccc(OCc3cc(C)on3)c(C(C)C)c1)c2Br. The van der Waals surface area contributed by atoms with Crippen molar-refractivity contribution in [2.75, 3.05) is 0 Å². The largest absolute Gasteiger partial charge is 0.487 e. The number of ether oxygens (including phenoxy) is 3. The van der Waals surface area contributed by atoms with Crippen LogP contribution in [0.5, 0.6) is 17.2 Å². The standard InChI is InChI=1S/C25H25Br2NO5/c1-13(2)19-10-17(5-7-22(19)30-12-16-9-14(3)33-28-16)32-25-21(26)11-20-18(24(25)27)6-8-23(20)31-15(4)29/h5,7,9-11,13,23H,6,8,12H2,1-4H3. The lowest BCUT2D eigenvalue weighted by Gasteiger charge is -2.18. The van der Waals surface area contributed by atoms with Crippen molar-refractivity contribution in [1.82, 2.24) is 5.16 Å². The molecule has 2 aromatic carbocycles. The van der Waals surface area contributed by atoms with Crippen LogP contribution in [-0.2, 0) is 22.6 Å². The summed E-state index contributed by atoms with van der Waals surface area (Å²) in [5, 5.41) is 3.98. The first-order valence-electron chi connectivity index (χ1n) is 10.8. The van der Waals surface area contributed by atoms with E-state index < -0.39 is 0 Å². The minimum absolute atomic E-state index is 0.225. The van der Waals surface area contributed by atoms with E-state index in [2.05, 4.69) is 50.9 Å². The smallest absolute Gasteiger partial charge is 0.303 e. The summed E-state index contributed by atoms with van der Waals surface area (Å²) in [6, 6.07) is 9.66. The molecule has 0 amide bonds. The summed E-state index contributed by atoms with van der Waals surface area (Å²) in [4.78, 5) is 11.4. The van der Waals surface area contributed by atoms with Crippen LogP contribution in [0.2, 0.25) is 0 Å². The van der Waals surface area contributed by atoms with Gasteiger partial charge in [-0.25, -0.2) is 0 Å². The zero-order valence-electron chi connectivity index (χ0n) is 18.9. The second-order valence-electron chi connectivity index (χ2n) is 8.38. The number of aryl methyl sites for hydroxylation is 1. The lowest BCUT2D eigenvalue weighted by molar-refractivity contribution is -0.146. The van der Waals surface area contributed by atoms with Crippen LogP contribution in [0.1, 0.15) is 67.4 Å². The molecular weight excluding hydrogens is 554 g/mol. The number of halogens is 2. The Bertz CT molecular complexity index is 1190. The summed E-state index contributed by atoms with van der Waals surface area (Å²) < 4.78 is 24.6. The summed E-state index contributed by atoms with van der Waals surface area (Å²) >= 11 is 7.34. The average molecular weight is 579 g/mol. The van der Waals surface area contributed by atoms with E-state index in [4.69, 9.17) is 18.7 Å². The summed E-state index contributed by atoms with van der Waals surface area (Å²) in [6.07, 6.45) is 1.35. The molecule has 0 spiro atoms. The Morgan fingerprint density at radius 3 is 2.70 bits per heavy atom. The van der Waals surface area contributed by atoms with Crippen molar-refractivity contribution in [2.45, 2.75) is 59.2 Å². The van der Waals surface area contributed by atoms with Crippen molar-refractivity contribution in [3.8, 4) is 17.2 Å². The number of hydrogen-bond acceptors (Lipinski definition) is 6. The van der Waals surface area contributed by atoms with Crippen molar-refractivity contribution in [1.29, 1.82) is 0 Å². The molecule has 1 aliphatic rings. The van der Waals surface area contributed by atoms with E-state index in [0.29, 0.717) is 18.1 Å². The lowest BCUT2D eigenvalue weighted by Crippen LogP contribution is -2.05. The highest BCUT2D eigenvalue weighted by molar-refractivity contribution is 9.11. The van der Waals surface area contributed by atoms with E-state index in [-0.39, 0.29) is 18.0 Å². The van der Waals surface area contributed by atoms with Crippen LogP contribution in [0.3, 0.4) is 0 Å². The van der Waals surface area contributed by atoms with Gasteiger partial charge >= 0.3 is 5.97 Å². The maximum Gasteiger partial charge on any atom is 0.303 e. The molecule has 3 aromatic rings. The fraction of sp³-hybridized carbons (Fsp3) is 0.360. The summed E-state index contributed by atoms with van der Waals surface area (Å²) in [7, 11) is 0. The number of nitrogens with zero attached hydrogens (tertiary/aromatic N) is 1. The van der Waals surface area contributed by atoms with Crippen LogP contribution in [-0.4, -0.2) is 11.1 Å². The van der Waals surface area contributed by atoms with Crippen LogP contribution in [0.4, 0.5) is 0 Å². The van der Waals surface area contributed by atoms with Gasteiger partial charge in [-0.2, -0.15) is 0 Å². The van der Waals surface area contributed by atoms with Crippen molar-refractivity contribution in [2.24, 2.45) is 0 Å². The topological polar surface area (TPSA) is 70.8 Å². The Hall–Kier alpha value is -2.32. The Balaban J connectivity index is 1.58. The van der Waals surface area contributed by atoms with Gasteiger partial charge in [0, 0.05) is 18.6 Å². The molecule has 1 aliphatic carbocycles. The minimum atomic E-state index is -0.275. The third kappa shape index (κ3) is 5.27. The molecule has 33 heavy (non-hydrogen) atoms. The Morgan fingerprint density at radius 1 is 1.24 bits per heavy atom. The normalized spacial score (nSPS) is 14.9. The van der Waals surface area contributed by atoms with E-state index in [9.17, 15) is 4.79 Å². The van der Waals surface area contributed by atoms with Crippen LogP contribution in [0.15, 0.2) is 43.8 Å². The van der Waals surface area contributed by atoms with Crippen molar-refractivity contribution < 1.29 is 23.5 Å². The molecular formula is C25H25Br2NO5. The van der Waals surface area contributed by atoms with Crippen LogP contribution in [0, 0.1) is 6.92 Å². The third-order valence-electron chi connectivity index (χ3n) is 5.50. The van der Waals surface area contributed by atoms with Gasteiger partial charge in [-0.05, 0) is 92.9 Å². The van der Waals surface area contributed by atoms with Crippen molar-refractivity contribution >= 4 is 37.8 Å². The molecule has 1 unspecified atom stereocenters. The molecule has 8 heteroatoms. The van der Waals surface area contributed by atoms with Gasteiger partial charge in [0.05, 0.1) is 8.95 Å². The number of esters is 1. The van der Waals surface area contributed by atoms with E-state index in [1.807, 2.05) is 37.3 Å². The first-order chi connectivity index (χ1) is 15.7. The first kappa shape index (κ1) is 23.8. The summed E-state index contributed by atoms with van der Waals surface area (Å²) in [5.74, 6) is 2.90.